The maximum atomic E-state index is 13.2. The summed E-state index contributed by atoms with van der Waals surface area (Å²) >= 11 is 0. The smallest absolute Gasteiger partial charge is 0.162 e. The van der Waals surface area contributed by atoms with Crippen molar-refractivity contribution in [1.82, 2.24) is 0 Å². The van der Waals surface area contributed by atoms with Crippen LogP contribution >= 0.6 is 0 Å². The zero-order valence-electron chi connectivity index (χ0n) is 8.26. The lowest BCUT2D eigenvalue weighted by molar-refractivity contribution is 0.101. The Morgan fingerprint density at radius 3 is 2.60 bits per heavy atom. The van der Waals surface area contributed by atoms with Crippen molar-refractivity contribution < 1.29 is 13.6 Å². The fourth-order valence-electron chi connectivity index (χ4n) is 1.16. The van der Waals surface area contributed by atoms with E-state index < -0.39 is 17.4 Å². The lowest BCUT2D eigenvalue weighted by Crippen LogP contribution is -2.00. The number of rotatable bonds is 3. The van der Waals surface area contributed by atoms with Crippen LogP contribution in [0.25, 0.3) is 6.08 Å². The first-order chi connectivity index (χ1) is 7.06. The van der Waals surface area contributed by atoms with Gasteiger partial charge in [0.05, 0.1) is 5.56 Å². The molecule has 0 atom stereocenters. The van der Waals surface area contributed by atoms with E-state index >= 15 is 0 Å². The first kappa shape index (κ1) is 11.5. The first-order valence-corrected chi connectivity index (χ1v) is 4.43. The number of halogens is 2. The first-order valence-electron chi connectivity index (χ1n) is 4.43. The van der Waals surface area contributed by atoms with E-state index in [1.54, 1.807) is 0 Å². The van der Waals surface area contributed by atoms with Gasteiger partial charge in [-0.3, -0.25) is 4.79 Å². The minimum atomic E-state index is -0.843. The topological polar surface area (TPSA) is 43.1 Å². The van der Waals surface area contributed by atoms with Crippen molar-refractivity contribution in [2.45, 2.75) is 6.92 Å². The Balaban J connectivity index is 3.23. The van der Waals surface area contributed by atoms with Crippen molar-refractivity contribution in [2.75, 3.05) is 6.54 Å². The second-order valence-corrected chi connectivity index (χ2v) is 3.05. The molecule has 0 spiro atoms. The molecule has 2 nitrogen and oxygen atoms in total. The van der Waals surface area contributed by atoms with Crippen LogP contribution in [0.5, 0.6) is 0 Å². The van der Waals surface area contributed by atoms with Crippen molar-refractivity contribution >= 4 is 11.9 Å². The van der Waals surface area contributed by atoms with Crippen molar-refractivity contribution in [1.29, 1.82) is 0 Å². The summed E-state index contributed by atoms with van der Waals surface area (Å²) in [6.45, 7) is 1.49. The molecule has 0 radical (unpaired) electrons. The molecule has 80 valence electrons. The maximum absolute atomic E-state index is 13.2. The zero-order valence-corrected chi connectivity index (χ0v) is 8.26. The Hall–Kier alpha value is -1.55. The van der Waals surface area contributed by atoms with Gasteiger partial charge in [0.2, 0.25) is 0 Å². The predicted octanol–water partition coefficient (Wildman–Crippen LogP) is 2.14. The Morgan fingerprint density at radius 1 is 1.40 bits per heavy atom. The highest BCUT2D eigenvalue weighted by Gasteiger charge is 2.11. The molecule has 15 heavy (non-hydrogen) atoms. The summed E-state index contributed by atoms with van der Waals surface area (Å²) in [6, 6.07) is 1.88. The van der Waals surface area contributed by atoms with Crippen LogP contribution in [0.15, 0.2) is 18.2 Å². The van der Waals surface area contributed by atoms with E-state index in [2.05, 4.69) is 0 Å². The van der Waals surface area contributed by atoms with Crippen molar-refractivity contribution in [3.8, 4) is 0 Å². The molecule has 0 bridgehead atoms. The number of carbonyl (C=O) groups is 1. The molecule has 0 heterocycles. The summed E-state index contributed by atoms with van der Waals surface area (Å²) in [5.41, 5.74) is 5.25. The Kier molecular flexibility index (Phi) is 3.68. The Bertz CT molecular complexity index is 413. The number of hydrogen-bond acceptors (Lipinski definition) is 2. The third kappa shape index (κ3) is 2.70. The molecule has 0 aliphatic heterocycles. The predicted molar refractivity (Wildman–Crippen MR) is 54.5 cm³/mol. The van der Waals surface area contributed by atoms with E-state index in [4.69, 9.17) is 5.73 Å². The molecule has 0 amide bonds. The summed E-state index contributed by atoms with van der Waals surface area (Å²) in [6.07, 6.45) is 2.95. The molecule has 2 N–H and O–H groups in total. The number of nitrogens with two attached hydrogens (primary N) is 1. The van der Waals surface area contributed by atoms with Crippen LogP contribution in [-0.2, 0) is 0 Å². The van der Waals surface area contributed by atoms with Crippen LogP contribution in [0.3, 0.4) is 0 Å². The maximum Gasteiger partial charge on any atom is 0.162 e. The average molecular weight is 211 g/mol. The number of Topliss-reactive ketones (excluding diaryl/α,β-unsaturated/α-hetero) is 1. The van der Waals surface area contributed by atoms with E-state index in [0.717, 1.165) is 0 Å². The van der Waals surface area contributed by atoms with Gasteiger partial charge in [-0.15, -0.1) is 0 Å². The lowest BCUT2D eigenvalue weighted by Gasteiger charge is -2.02. The molecular formula is C11H11F2NO. The summed E-state index contributed by atoms with van der Waals surface area (Å²) < 4.78 is 26.3. The number of ketones is 1. The van der Waals surface area contributed by atoms with E-state index in [1.807, 2.05) is 0 Å². The molecular weight excluding hydrogens is 200 g/mol. The van der Waals surface area contributed by atoms with Gasteiger partial charge in [0, 0.05) is 18.2 Å². The minimum absolute atomic E-state index is 0.118. The standard InChI is InChI=1S/C11H11F2NO/c1-7(15)9-5-8(3-2-4-14)10(12)6-11(9)13/h2-3,5-6H,4,14H2,1H3. The number of benzene rings is 1. The third-order valence-corrected chi connectivity index (χ3v) is 1.90. The fourth-order valence-corrected chi connectivity index (χ4v) is 1.16. The molecule has 0 unspecified atom stereocenters. The van der Waals surface area contributed by atoms with Gasteiger partial charge in [-0.2, -0.15) is 0 Å². The molecule has 0 aliphatic carbocycles. The summed E-state index contributed by atoms with van der Waals surface area (Å²) in [5, 5.41) is 0. The third-order valence-electron chi connectivity index (χ3n) is 1.90. The van der Waals surface area contributed by atoms with E-state index in [0.29, 0.717) is 6.07 Å². The minimum Gasteiger partial charge on any atom is -0.327 e. The summed E-state index contributed by atoms with van der Waals surface area (Å²) in [7, 11) is 0. The van der Waals surface area contributed by atoms with Gasteiger partial charge in [-0.05, 0) is 13.0 Å². The van der Waals surface area contributed by atoms with E-state index in [-0.39, 0.29) is 17.7 Å². The average Bonchev–Trinajstić information content (AvgIpc) is 2.16. The van der Waals surface area contributed by atoms with E-state index in [1.165, 1.54) is 25.1 Å². The SMILES string of the molecule is CC(=O)c1cc(C=CCN)c(F)cc1F. The summed E-state index contributed by atoms with van der Waals surface area (Å²) in [4.78, 5) is 11.0. The van der Waals surface area contributed by atoms with Crippen LogP contribution < -0.4 is 5.73 Å². The number of hydrogen-bond donors (Lipinski definition) is 1. The molecule has 4 heteroatoms. The fraction of sp³-hybridized carbons (Fsp3) is 0.182. The van der Waals surface area contributed by atoms with Crippen LogP contribution in [0.4, 0.5) is 8.78 Å². The second-order valence-electron chi connectivity index (χ2n) is 3.05. The molecule has 1 rings (SSSR count). The van der Waals surface area contributed by atoms with Gasteiger partial charge >= 0.3 is 0 Å². The molecule has 0 saturated carbocycles. The van der Waals surface area contributed by atoms with Gasteiger partial charge < -0.3 is 5.73 Å². The highest BCUT2D eigenvalue weighted by Crippen LogP contribution is 2.16. The molecule has 1 aromatic rings. The normalized spacial score (nSPS) is 10.9. The Morgan fingerprint density at radius 2 is 2.07 bits per heavy atom. The summed E-state index contributed by atoms with van der Waals surface area (Å²) in [5.74, 6) is -1.98. The van der Waals surface area contributed by atoms with Gasteiger partial charge in [0.15, 0.2) is 5.78 Å². The molecule has 0 aliphatic rings. The van der Waals surface area contributed by atoms with Gasteiger partial charge in [0.1, 0.15) is 11.6 Å². The van der Waals surface area contributed by atoms with E-state index in [9.17, 15) is 13.6 Å². The van der Waals surface area contributed by atoms with Crippen LogP contribution in [0.1, 0.15) is 22.8 Å². The molecule has 1 aromatic carbocycles. The van der Waals surface area contributed by atoms with Gasteiger partial charge in [0.25, 0.3) is 0 Å². The van der Waals surface area contributed by atoms with Crippen molar-refractivity contribution in [3.63, 3.8) is 0 Å². The largest absolute Gasteiger partial charge is 0.327 e. The van der Waals surface area contributed by atoms with Crippen LogP contribution in [-0.4, -0.2) is 12.3 Å². The second kappa shape index (κ2) is 4.79. The molecule has 0 fully saturated rings. The highest BCUT2D eigenvalue weighted by molar-refractivity contribution is 5.94. The van der Waals surface area contributed by atoms with Crippen LogP contribution in [0, 0.1) is 11.6 Å². The zero-order chi connectivity index (χ0) is 11.4. The number of carbonyl (C=O) groups excluding carboxylic acids is 1. The van der Waals surface area contributed by atoms with Crippen molar-refractivity contribution in [3.05, 3.63) is 41.0 Å². The molecule has 0 aromatic heterocycles. The van der Waals surface area contributed by atoms with Crippen LogP contribution in [0.2, 0.25) is 0 Å². The van der Waals surface area contributed by atoms with Gasteiger partial charge in [-0.1, -0.05) is 12.2 Å². The lowest BCUT2D eigenvalue weighted by atomic mass is 10.1. The monoisotopic (exact) mass is 211 g/mol. The quantitative estimate of drug-likeness (QED) is 0.778. The van der Waals surface area contributed by atoms with Crippen molar-refractivity contribution in [2.24, 2.45) is 5.73 Å². The highest BCUT2D eigenvalue weighted by atomic mass is 19.1. The molecule has 0 saturated heterocycles. The Labute approximate surface area is 86.4 Å². The van der Waals surface area contributed by atoms with Gasteiger partial charge in [-0.25, -0.2) is 8.78 Å².